The molecule has 2 rings (SSSR count). The van der Waals surface area contributed by atoms with Crippen molar-refractivity contribution in [3.63, 3.8) is 0 Å². The van der Waals surface area contributed by atoms with Crippen molar-refractivity contribution in [1.82, 2.24) is 0 Å². The molecular formula is C15H12F3NOS. The molecule has 0 heterocycles. The number of benzene rings is 2. The van der Waals surface area contributed by atoms with E-state index in [1.54, 1.807) is 12.1 Å². The predicted octanol–water partition coefficient (Wildman–Crippen LogP) is 3.98. The van der Waals surface area contributed by atoms with E-state index >= 15 is 0 Å². The molecule has 1 amide bonds. The second-order valence-electron chi connectivity index (χ2n) is 4.30. The van der Waals surface area contributed by atoms with E-state index < -0.39 is 11.6 Å². The number of carbonyl (C=O) groups excluding carboxylic acids is 1. The van der Waals surface area contributed by atoms with Gasteiger partial charge in [-0.05, 0) is 29.8 Å². The van der Waals surface area contributed by atoms with Crippen molar-refractivity contribution >= 4 is 23.4 Å². The zero-order valence-corrected chi connectivity index (χ0v) is 11.7. The Hall–Kier alpha value is -1.95. The maximum absolute atomic E-state index is 13.0. The summed E-state index contributed by atoms with van der Waals surface area (Å²) < 4.78 is 38.4. The summed E-state index contributed by atoms with van der Waals surface area (Å²) in [5, 5.41) is 2.48. The Morgan fingerprint density at radius 2 is 1.71 bits per heavy atom. The van der Waals surface area contributed by atoms with Crippen LogP contribution in [-0.4, -0.2) is 11.7 Å². The van der Waals surface area contributed by atoms with E-state index in [-0.39, 0.29) is 23.2 Å². The average Bonchev–Trinajstić information content (AvgIpc) is 2.45. The minimum absolute atomic E-state index is 0.163. The van der Waals surface area contributed by atoms with Gasteiger partial charge in [-0.2, -0.15) is 0 Å². The Morgan fingerprint density at radius 1 is 1.00 bits per heavy atom. The SMILES string of the molecule is O=C(CSCc1ccc(F)cc1)Nc1ccc(F)c(F)c1. The second-order valence-corrected chi connectivity index (χ2v) is 5.28. The zero-order valence-electron chi connectivity index (χ0n) is 10.9. The number of nitrogens with one attached hydrogen (secondary N) is 1. The van der Waals surface area contributed by atoms with Crippen LogP contribution in [0.5, 0.6) is 0 Å². The smallest absolute Gasteiger partial charge is 0.234 e. The lowest BCUT2D eigenvalue weighted by Crippen LogP contribution is -2.14. The zero-order chi connectivity index (χ0) is 15.2. The molecule has 2 aromatic rings. The lowest BCUT2D eigenvalue weighted by atomic mass is 10.2. The Bertz CT molecular complexity index is 631. The van der Waals surface area contributed by atoms with Crippen LogP contribution in [-0.2, 0) is 10.5 Å². The van der Waals surface area contributed by atoms with Crippen LogP contribution < -0.4 is 5.32 Å². The molecule has 0 bridgehead atoms. The quantitative estimate of drug-likeness (QED) is 0.905. The highest BCUT2D eigenvalue weighted by atomic mass is 32.2. The van der Waals surface area contributed by atoms with Crippen LogP contribution in [0.25, 0.3) is 0 Å². The Kier molecular flexibility index (Phi) is 5.27. The number of hydrogen-bond acceptors (Lipinski definition) is 2. The van der Waals surface area contributed by atoms with Gasteiger partial charge in [0.2, 0.25) is 5.91 Å². The highest BCUT2D eigenvalue weighted by molar-refractivity contribution is 7.99. The topological polar surface area (TPSA) is 29.1 Å². The highest BCUT2D eigenvalue weighted by Gasteiger charge is 2.06. The molecule has 21 heavy (non-hydrogen) atoms. The third-order valence-corrected chi connectivity index (χ3v) is 3.62. The number of hydrogen-bond donors (Lipinski definition) is 1. The summed E-state index contributed by atoms with van der Waals surface area (Å²) >= 11 is 1.34. The number of carbonyl (C=O) groups is 1. The molecule has 0 spiro atoms. The average molecular weight is 311 g/mol. The first-order valence-corrected chi connectivity index (χ1v) is 7.27. The van der Waals surface area contributed by atoms with Crippen LogP contribution in [0.15, 0.2) is 42.5 Å². The van der Waals surface area contributed by atoms with Gasteiger partial charge >= 0.3 is 0 Å². The molecular weight excluding hydrogens is 299 g/mol. The summed E-state index contributed by atoms with van der Waals surface area (Å²) in [5.74, 6) is -1.86. The molecule has 0 atom stereocenters. The van der Waals surface area contributed by atoms with Gasteiger partial charge in [0, 0.05) is 17.5 Å². The van der Waals surface area contributed by atoms with Crippen LogP contribution in [0, 0.1) is 17.5 Å². The fourth-order valence-corrected chi connectivity index (χ4v) is 2.40. The van der Waals surface area contributed by atoms with Gasteiger partial charge in [0.15, 0.2) is 11.6 Å². The number of thioether (sulfide) groups is 1. The fraction of sp³-hybridized carbons (Fsp3) is 0.133. The van der Waals surface area contributed by atoms with Gasteiger partial charge in [-0.1, -0.05) is 12.1 Å². The lowest BCUT2D eigenvalue weighted by molar-refractivity contribution is -0.113. The molecule has 0 aliphatic carbocycles. The predicted molar refractivity (Wildman–Crippen MR) is 77.5 cm³/mol. The molecule has 6 heteroatoms. The molecule has 0 aliphatic rings. The number of anilines is 1. The summed E-state index contributed by atoms with van der Waals surface area (Å²) in [5.41, 5.74) is 1.11. The van der Waals surface area contributed by atoms with E-state index in [2.05, 4.69) is 5.32 Å². The highest BCUT2D eigenvalue weighted by Crippen LogP contribution is 2.15. The van der Waals surface area contributed by atoms with Crippen LogP contribution in [0.3, 0.4) is 0 Å². The summed E-state index contributed by atoms with van der Waals surface area (Å²) in [6.07, 6.45) is 0. The number of amides is 1. The summed E-state index contributed by atoms with van der Waals surface area (Å²) in [7, 11) is 0. The van der Waals surface area contributed by atoms with E-state index in [4.69, 9.17) is 0 Å². The van der Waals surface area contributed by atoms with Gasteiger partial charge in [-0.3, -0.25) is 4.79 Å². The standard InChI is InChI=1S/C15H12F3NOS/c16-11-3-1-10(2-4-11)8-21-9-15(20)19-12-5-6-13(17)14(18)7-12/h1-7H,8-9H2,(H,19,20). The maximum atomic E-state index is 13.0. The third-order valence-electron chi connectivity index (χ3n) is 2.62. The van der Waals surface area contributed by atoms with Crippen molar-refractivity contribution in [3.05, 3.63) is 65.5 Å². The fourth-order valence-electron chi connectivity index (χ4n) is 1.61. The molecule has 0 fully saturated rings. The number of halogens is 3. The normalized spacial score (nSPS) is 10.4. The second kappa shape index (κ2) is 7.17. The van der Waals surface area contributed by atoms with Gasteiger partial charge in [-0.15, -0.1) is 11.8 Å². The van der Waals surface area contributed by atoms with Gasteiger partial charge in [0.25, 0.3) is 0 Å². The first kappa shape index (κ1) is 15.4. The van der Waals surface area contributed by atoms with Gasteiger partial charge in [0.05, 0.1) is 5.75 Å². The van der Waals surface area contributed by atoms with Crippen molar-refractivity contribution in [2.75, 3.05) is 11.1 Å². The van der Waals surface area contributed by atoms with Crippen LogP contribution in [0.2, 0.25) is 0 Å². The van der Waals surface area contributed by atoms with Crippen molar-refractivity contribution in [2.24, 2.45) is 0 Å². The van der Waals surface area contributed by atoms with E-state index in [0.717, 1.165) is 17.7 Å². The van der Waals surface area contributed by atoms with E-state index in [1.165, 1.54) is 30.0 Å². The molecule has 0 aliphatic heterocycles. The molecule has 110 valence electrons. The molecule has 2 aromatic carbocycles. The van der Waals surface area contributed by atoms with Crippen LogP contribution in [0.1, 0.15) is 5.56 Å². The van der Waals surface area contributed by atoms with Crippen molar-refractivity contribution in [3.8, 4) is 0 Å². The van der Waals surface area contributed by atoms with Crippen molar-refractivity contribution in [2.45, 2.75) is 5.75 Å². The number of rotatable bonds is 5. The van der Waals surface area contributed by atoms with Gasteiger partial charge < -0.3 is 5.32 Å². The minimum Gasteiger partial charge on any atom is -0.325 e. The van der Waals surface area contributed by atoms with Gasteiger partial charge in [-0.25, -0.2) is 13.2 Å². The molecule has 0 saturated carbocycles. The Labute approximate surface area is 124 Å². The first-order chi connectivity index (χ1) is 10.0. The molecule has 1 N–H and O–H groups in total. The maximum Gasteiger partial charge on any atom is 0.234 e. The summed E-state index contributed by atoms with van der Waals surface area (Å²) in [6.45, 7) is 0. The first-order valence-electron chi connectivity index (χ1n) is 6.11. The third kappa shape index (κ3) is 4.82. The molecule has 0 aromatic heterocycles. The Morgan fingerprint density at radius 3 is 2.38 bits per heavy atom. The monoisotopic (exact) mass is 311 g/mol. The summed E-state index contributed by atoms with van der Waals surface area (Å²) in [6, 6.07) is 9.19. The van der Waals surface area contributed by atoms with E-state index in [1.807, 2.05) is 0 Å². The Balaban J connectivity index is 1.79. The van der Waals surface area contributed by atoms with Crippen LogP contribution in [0.4, 0.5) is 18.9 Å². The van der Waals surface area contributed by atoms with E-state index in [0.29, 0.717) is 5.75 Å². The van der Waals surface area contributed by atoms with Crippen LogP contribution >= 0.6 is 11.8 Å². The molecule has 2 nitrogen and oxygen atoms in total. The minimum atomic E-state index is -1.01. The molecule has 0 unspecified atom stereocenters. The van der Waals surface area contributed by atoms with E-state index in [9.17, 15) is 18.0 Å². The molecule has 0 saturated heterocycles. The van der Waals surface area contributed by atoms with Gasteiger partial charge in [0.1, 0.15) is 5.82 Å². The lowest BCUT2D eigenvalue weighted by Gasteiger charge is -2.06. The molecule has 0 radical (unpaired) electrons. The van der Waals surface area contributed by atoms with Crippen molar-refractivity contribution < 1.29 is 18.0 Å². The summed E-state index contributed by atoms with van der Waals surface area (Å²) in [4.78, 5) is 11.6. The largest absolute Gasteiger partial charge is 0.325 e. The van der Waals surface area contributed by atoms with Crippen molar-refractivity contribution in [1.29, 1.82) is 0 Å².